The smallest absolute Gasteiger partial charge is 0.0998 e. The molecule has 0 amide bonds. The van der Waals surface area contributed by atoms with Gasteiger partial charge >= 0.3 is 0 Å². The lowest BCUT2D eigenvalue weighted by atomic mass is 9.85. The van der Waals surface area contributed by atoms with E-state index in [1.54, 1.807) is 0 Å². The minimum Gasteiger partial charge on any atom is -0.308 e. The molecule has 0 aliphatic carbocycles. The van der Waals surface area contributed by atoms with Gasteiger partial charge in [0.1, 0.15) is 0 Å². The number of fused-ring (bicyclic) bond motifs is 6. The van der Waals surface area contributed by atoms with Gasteiger partial charge in [0, 0.05) is 32.7 Å². The van der Waals surface area contributed by atoms with Gasteiger partial charge in [0.05, 0.1) is 39.8 Å². The van der Waals surface area contributed by atoms with E-state index in [0.29, 0.717) is 11.1 Å². The number of nitriles is 2. The monoisotopic (exact) mass is 747 g/mol. The van der Waals surface area contributed by atoms with Crippen molar-refractivity contribution in [1.82, 2.24) is 4.40 Å². The van der Waals surface area contributed by atoms with Gasteiger partial charge in [-0.2, -0.15) is 10.5 Å². The summed E-state index contributed by atoms with van der Waals surface area (Å²) in [5, 5.41) is 26.3. The zero-order chi connectivity index (χ0) is 39.5. The van der Waals surface area contributed by atoms with Gasteiger partial charge in [-0.25, -0.2) is 0 Å². The number of rotatable bonds is 6. The highest BCUT2D eigenvalue weighted by atomic mass is 14.9. The van der Waals surface area contributed by atoms with Gasteiger partial charge in [-0.3, -0.25) is 0 Å². The van der Waals surface area contributed by atoms with Crippen LogP contribution in [-0.2, 0) is 0 Å². The zero-order valence-electron chi connectivity index (χ0n) is 31.9. The highest BCUT2D eigenvalue weighted by Gasteiger charge is 2.25. The highest BCUT2D eigenvalue weighted by Crippen LogP contribution is 2.48. The molecule has 2 aromatic heterocycles. The Labute approximate surface area is 341 Å². The van der Waals surface area contributed by atoms with Crippen molar-refractivity contribution in [2.45, 2.75) is 0 Å². The van der Waals surface area contributed by atoms with Gasteiger partial charge < -0.3 is 4.40 Å². The van der Waals surface area contributed by atoms with Crippen molar-refractivity contribution in [2.24, 2.45) is 0 Å². The summed E-state index contributed by atoms with van der Waals surface area (Å²) in [6.07, 6.45) is 0. The van der Waals surface area contributed by atoms with Crippen LogP contribution in [0.15, 0.2) is 200 Å². The Morgan fingerprint density at radius 2 is 0.627 bits per heavy atom. The van der Waals surface area contributed by atoms with Crippen LogP contribution in [0.25, 0.3) is 105 Å². The largest absolute Gasteiger partial charge is 0.308 e. The normalized spacial score (nSPS) is 11.4. The Bertz CT molecular complexity index is 3130. The van der Waals surface area contributed by atoms with E-state index in [2.05, 4.69) is 192 Å². The van der Waals surface area contributed by atoms with Crippen molar-refractivity contribution in [3.63, 3.8) is 0 Å². The molecule has 2 heterocycles. The fraction of sp³-hybridized carbons (Fsp3) is 0. The Balaban J connectivity index is 1.21. The van der Waals surface area contributed by atoms with Crippen LogP contribution in [0.5, 0.6) is 0 Å². The van der Waals surface area contributed by atoms with E-state index in [9.17, 15) is 10.5 Å². The third-order valence-electron chi connectivity index (χ3n) is 11.8. The second-order valence-electron chi connectivity index (χ2n) is 15.0. The highest BCUT2D eigenvalue weighted by molar-refractivity contribution is 6.25. The quantitative estimate of drug-likeness (QED) is 0.170. The lowest BCUT2D eigenvalue weighted by molar-refractivity contribution is 1.36. The van der Waals surface area contributed by atoms with Crippen LogP contribution < -0.4 is 0 Å². The third-order valence-corrected chi connectivity index (χ3v) is 11.8. The number of para-hydroxylation sites is 1. The van der Waals surface area contributed by atoms with Crippen LogP contribution in [0, 0.1) is 22.7 Å². The molecule has 11 aromatic rings. The second kappa shape index (κ2) is 13.7. The fourth-order valence-electron chi connectivity index (χ4n) is 9.28. The molecule has 3 nitrogen and oxygen atoms in total. The van der Waals surface area contributed by atoms with Crippen molar-refractivity contribution in [2.75, 3.05) is 0 Å². The van der Waals surface area contributed by atoms with Gasteiger partial charge in [0.2, 0.25) is 0 Å². The van der Waals surface area contributed by atoms with E-state index in [-0.39, 0.29) is 0 Å². The van der Waals surface area contributed by atoms with Crippen molar-refractivity contribution in [3.8, 4) is 78.9 Å². The first-order valence-electron chi connectivity index (χ1n) is 19.8. The molecule has 0 saturated carbocycles. The lowest BCUT2D eigenvalue weighted by Crippen LogP contribution is -1.95. The first-order valence-corrected chi connectivity index (χ1v) is 19.8. The predicted octanol–water partition coefficient (Wildman–Crippen LogP) is 14.6. The van der Waals surface area contributed by atoms with Gasteiger partial charge in [-0.1, -0.05) is 176 Å². The van der Waals surface area contributed by atoms with Crippen molar-refractivity contribution >= 4 is 38.1 Å². The zero-order valence-corrected chi connectivity index (χ0v) is 31.9. The average molecular weight is 748 g/mol. The van der Waals surface area contributed by atoms with Crippen LogP contribution in [0.1, 0.15) is 11.1 Å². The van der Waals surface area contributed by atoms with Crippen molar-refractivity contribution in [1.29, 1.82) is 10.5 Å². The van der Waals surface area contributed by atoms with Crippen LogP contribution >= 0.6 is 0 Å². The van der Waals surface area contributed by atoms with Crippen molar-refractivity contribution in [3.05, 3.63) is 211 Å². The molecular weight excluding hydrogens is 715 g/mol. The number of benzene rings is 9. The predicted molar refractivity (Wildman–Crippen MR) is 243 cm³/mol. The third kappa shape index (κ3) is 5.34. The van der Waals surface area contributed by atoms with E-state index in [4.69, 9.17) is 0 Å². The SMILES string of the molecule is N#Cc1cc2c(cc1-c1c(-c3ccccc3)cccc1-c1ccccc1)c1cccc3c4cc(-c5c(-c6ccccc6)cccc5-c5ccccc5)c(C#N)cc4n2c13. The average Bonchev–Trinajstić information content (AvgIpc) is 3.82. The summed E-state index contributed by atoms with van der Waals surface area (Å²) < 4.78 is 2.27. The summed E-state index contributed by atoms with van der Waals surface area (Å²) in [5.74, 6) is 0. The topological polar surface area (TPSA) is 52.0 Å². The number of aromatic nitrogens is 1. The first kappa shape index (κ1) is 34.0. The van der Waals surface area contributed by atoms with E-state index in [1.807, 2.05) is 24.3 Å². The number of nitrogens with zero attached hydrogens (tertiary/aromatic N) is 3. The van der Waals surface area contributed by atoms with Gasteiger partial charge in [-0.05, 0) is 79.9 Å². The Morgan fingerprint density at radius 3 is 0.949 bits per heavy atom. The fourth-order valence-corrected chi connectivity index (χ4v) is 9.28. The molecule has 0 saturated heterocycles. The van der Waals surface area contributed by atoms with Crippen LogP contribution in [0.2, 0.25) is 0 Å². The van der Waals surface area contributed by atoms with E-state index in [0.717, 1.165) is 105 Å². The Kier molecular flexibility index (Phi) is 7.93. The van der Waals surface area contributed by atoms with Crippen LogP contribution in [0.4, 0.5) is 0 Å². The van der Waals surface area contributed by atoms with Crippen LogP contribution in [-0.4, -0.2) is 4.40 Å². The van der Waals surface area contributed by atoms with Gasteiger partial charge in [0.25, 0.3) is 0 Å². The first-order chi connectivity index (χ1) is 29.2. The molecule has 0 bridgehead atoms. The molecule has 9 aromatic carbocycles. The van der Waals surface area contributed by atoms with E-state index < -0.39 is 0 Å². The van der Waals surface area contributed by atoms with E-state index >= 15 is 0 Å². The molecule has 0 spiro atoms. The standard InChI is InChI=1S/C56H33N3/c57-34-40-30-52-50(32-48(40)54-42(36-16-5-1-6-17-36)24-13-25-43(54)37-18-7-2-8-19-37)46-28-15-29-47-51-33-49(41(35-58)31-53(51)59(52)56(46)47)55-44(38-20-9-3-10-21-38)26-14-27-45(55)39-22-11-4-12-23-39/h1-33H. The molecule has 0 unspecified atom stereocenters. The molecule has 0 N–H and O–H groups in total. The summed E-state index contributed by atoms with van der Waals surface area (Å²) in [6.45, 7) is 0. The number of hydrogen-bond acceptors (Lipinski definition) is 2. The lowest BCUT2D eigenvalue weighted by Gasteiger charge is -2.18. The van der Waals surface area contributed by atoms with Gasteiger partial charge in [-0.15, -0.1) is 0 Å². The maximum atomic E-state index is 11.0. The Hall–Kier alpha value is -8.24. The summed E-state index contributed by atoms with van der Waals surface area (Å²) >= 11 is 0. The van der Waals surface area contributed by atoms with Gasteiger partial charge in [0.15, 0.2) is 0 Å². The maximum absolute atomic E-state index is 11.0. The molecule has 0 aliphatic rings. The molecular formula is C56H33N3. The molecule has 0 radical (unpaired) electrons. The Morgan fingerprint density at radius 1 is 0.305 bits per heavy atom. The minimum absolute atomic E-state index is 0.591. The molecule has 11 rings (SSSR count). The summed E-state index contributed by atoms with van der Waals surface area (Å²) in [6, 6.07) is 74.8. The summed E-state index contributed by atoms with van der Waals surface area (Å²) in [7, 11) is 0. The molecule has 0 atom stereocenters. The molecule has 0 fully saturated rings. The second-order valence-corrected chi connectivity index (χ2v) is 15.0. The minimum atomic E-state index is 0.591. The molecule has 0 aliphatic heterocycles. The van der Waals surface area contributed by atoms with Crippen molar-refractivity contribution < 1.29 is 0 Å². The van der Waals surface area contributed by atoms with E-state index in [1.165, 1.54) is 0 Å². The maximum Gasteiger partial charge on any atom is 0.0998 e. The molecule has 3 heteroatoms. The summed E-state index contributed by atoms with van der Waals surface area (Å²) in [4.78, 5) is 0. The molecule has 59 heavy (non-hydrogen) atoms. The van der Waals surface area contributed by atoms with Crippen LogP contribution in [0.3, 0.4) is 0 Å². The summed E-state index contributed by atoms with van der Waals surface area (Å²) in [5.41, 5.74) is 16.6. The molecule has 272 valence electrons. The number of hydrogen-bond donors (Lipinski definition) is 0.